The van der Waals surface area contributed by atoms with E-state index in [1.807, 2.05) is 29.6 Å². The quantitative estimate of drug-likeness (QED) is 0.109. The predicted octanol–water partition coefficient (Wildman–Crippen LogP) is 16.6. The van der Waals surface area contributed by atoms with E-state index >= 15 is 0 Å². The van der Waals surface area contributed by atoms with Gasteiger partial charge in [-0.05, 0) is 165 Å². The van der Waals surface area contributed by atoms with Gasteiger partial charge in [0.2, 0.25) is 6.71 Å². The van der Waals surface area contributed by atoms with Crippen molar-refractivity contribution < 1.29 is 0 Å². The summed E-state index contributed by atoms with van der Waals surface area (Å²) in [6.45, 7) is 48.3. The molecular weight excluding hydrogens is 792 g/mol. The molecule has 0 spiro atoms. The molecule has 64 heavy (non-hydrogen) atoms. The topological polar surface area (TPSA) is 24.1 Å². The van der Waals surface area contributed by atoms with Crippen LogP contribution in [0.3, 0.4) is 0 Å². The summed E-state index contributed by atoms with van der Waals surface area (Å²) >= 11 is 1.94. The van der Waals surface area contributed by atoms with Crippen molar-refractivity contribution in [1.29, 1.82) is 0 Å². The Balaban J connectivity index is 2.01. The molecule has 344 valence electrons. The van der Waals surface area contributed by atoms with Gasteiger partial charge in [-0.1, -0.05) is 176 Å². The van der Waals surface area contributed by atoms with Crippen LogP contribution in [0, 0.1) is 22.7 Å². The third-order valence-electron chi connectivity index (χ3n) is 14.1. The van der Waals surface area contributed by atoms with Crippen molar-refractivity contribution in [2.45, 2.75) is 152 Å². The van der Waals surface area contributed by atoms with Crippen molar-refractivity contribution >= 4 is 32.9 Å². The first kappa shape index (κ1) is 52.4. The molecule has 0 aliphatic heterocycles. The van der Waals surface area contributed by atoms with E-state index in [2.05, 4.69) is 200 Å². The first-order chi connectivity index (χ1) is 30.1. The van der Waals surface area contributed by atoms with Gasteiger partial charge in [0.1, 0.15) is 0 Å². The molecule has 0 amide bonds. The maximum atomic E-state index is 4.65. The molecule has 4 heteroatoms. The molecule has 0 radical (unpaired) electrons. The first-order valence-electron chi connectivity index (χ1n) is 24.3. The highest BCUT2D eigenvalue weighted by Gasteiger charge is 2.37. The molecule has 1 atom stereocenters. The molecule has 1 heterocycles. The standard InChI is InChI=1S/C60H85BN2S/c1-18-22-26-45(8)46(9)54(39-49(36-43(5)6)58(12,13)21-4)63-42-50(41-62-51-28-23-25-44(7)29-31-57(10,11)32-30-51)61(35-24-27-47(19-2)20-3)56-38-48-37-52-53(40-55(48)64-56)60(16,17)34-33-59(52,14)15/h18-19,22-24,26-28,30,35-40,42-44,62-63H,1-2,8-9,20-21,25,29,31-34,41H2,3-7,10-17H3/b26-22-,28-23-,35-24+,47-27+,49-36-,50-42-,51-30+,54-39+. The third-order valence-corrected chi connectivity index (χ3v) is 15.2. The number of rotatable bonds is 19. The number of fused-ring (bicyclic) bond motifs is 2. The minimum Gasteiger partial charge on any atom is -0.382 e. The van der Waals surface area contributed by atoms with Crippen LogP contribution in [0.15, 0.2) is 163 Å². The minimum atomic E-state index is -0.0388. The monoisotopic (exact) mass is 877 g/mol. The lowest BCUT2D eigenvalue weighted by Crippen LogP contribution is -2.35. The van der Waals surface area contributed by atoms with Gasteiger partial charge in [0.25, 0.3) is 0 Å². The molecule has 2 aliphatic rings. The Labute approximate surface area is 396 Å². The van der Waals surface area contributed by atoms with Crippen LogP contribution in [0.2, 0.25) is 0 Å². The zero-order chi connectivity index (χ0) is 47.5. The molecule has 2 nitrogen and oxygen atoms in total. The number of hydrogen-bond acceptors (Lipinski definition) is 3. The predicted molar refractivity (Wildman–Crippen MR) is 291 cm³/mol. The number of benzene rings is 1. The van der Waals surface area contributed by atoms with Crippen molar-refractivity contribution in [2.75, 3.05) is 6.54 Å². The average Bonchev–Trinajstić information content (AvgIpc) is 3.67. The Morgan fingerprint density at radius 2 is 1.66 bits per heavy atom. The highest BCUT2D eigenvalue weighted by Crippen LogP contribution is 2.47. The molecule has 0 fully saturated rings. The second-order valence-electron chi connectivity index (χ2n) is 21.8. The van der Waals surface area contributed by atoms with E-state index in [-0.39, 0.29) is 28.4 Å². The summed E-state index contributed by atoms with van der Waals surface area (Å²) in [5, 5.41) is 9.21. The second kappa shape index (κ2) is 22.8. The molecule has 2 N–H and O–H groups in total. The van der Waals surface area contributed by atoms with E-state index in [0.717, 1.165) is 42.5 Å². The summed E-state index contributed by atoms with van der Waals surface area (Å²) in [4.78, 5) is 0. The normalized spacial score (nSPS) is 21.0. The van der Waals surface area contributed by atoms with Crippen LogP contribution in [0.1, 0.15) is 153 Å². The molecule has 2 aromatic rings. The van der Waals surface area contributed by atoms with Crippen molar-refractivity contribution in [2.24, 2.45) is 22.7 Å². The van der Waals surface area contributed by atoms with Gasteiger partial charge in [0.05, 0.1) is 0 Å². The SMILES string of the molecule is C=C/C=C\C(=C)C(=C)/C(=C\C(=C\C(C)C)C(C)(C)CC)N/C=C(/CNC1=C/CC(C)(C)CCC(C)C/C=C\1)B(/C=C/C=C(\C=C)CC)c1cc2cc3c(cc2s1)C(C)(C)CCC3(C)C. The van der Waals surface area contributed by atoms with Crippen LogP contribution in [-0.2, 0) is 10.8 Å². The summed E-state index contributed by atoms with van der Waals surface area (Å²) in [6.07, 6.45) is 35.2. The van der Waals surface area contributed by atoms with E-state index in [4.69, 9.17) is 0 Å². The fourth-order valence-electron chi connectivity index (χ4n) is 8.65. The van der Waals surface area contributed by atoms with Gasteiger partial charge >= 0.3 is 0 Å². The lowest BCUT2D eigenvalue weighted by molar-refractivity contribution is 0.301. The van der Waals surface area contributed by atoms with Gasteiger partial charge in [0.15, 0.2) is 0 Å². The molecule has 2 aliphatic carbocycles. The van der Waals surface area contributed by atoms with Crippen LogP contribution in [0.25, 0.3) is 10.1 Å². The van der Waals surface area contributed by atoms with Gasteiger partial charge in [-0.2, -0.15) is 0 Å². The van der Waals surface area contributed by atoms with Crippen molar-refractivity contribution in [3.63, 3.8) is 0 Å². The zero-order valence-electron chi connectivity index (χ0n) is 42.6. The Morgan fingerprint density at radius 1 is 0.969 bits per heavy atom. The van der Waals surface area contributed by atoms with Gasteiger partial charge < -0.3 is 10.6 Å². The lowest BCUT2D eigenvalue weighted by atomic mass is 9.43. The Bertz CT molecular complexity index is 2190. The van der Waals surface area contributed by atoms with E-state index in [1.165, 1.54) is 74.0 Å². The van der Waals surface area contributed by atoms with E-state index in [1.54, 1.807) is 6.08 Å². The van der Waals surface area contributed by atoms with Crippen LogP contribution < -0.4 is 15.4 Å². The molecule has 1 aromatic heterocycles. The van der Waals surface area contributed by atoms with Crippen LogP contribution in [-0.4, -0.2) is 13.3 Å². The van der Waals surface area contributed by atoms with Gasteiger partial charge in [-0.25, -0.2) is 0 Å². The highest BCUT2D eigenvalue weighted by molar-refractivity contribution is 7.30. The van der Waals surface area contributed by atoms with Crippen LogP contribution in [0.4, 0.5) is 0 Å². The van der Waals surface area contributed by atoms with E-state index in [9.17, 15) is 0 Å². The molecule has 0 saturated carbocycles. The zero-order valence-corrected chi connectivity index (χ0v) is 43.4. The maximum Gasteiger partial charge on any atom is 0.246 e. The number of nitrogens with one attached hydrogen (secondary N) is 2. The molecule has 1 aromatic carbocycles. The third kappa shape index (κ3) is 14.4. The maximum absolute atomic E-state index is 4.65. The minimum absolute atomic E-state index is 0.0219. The van der Waals surface area contributed by atoms with Crippen LogP contribution in [0.5, 0.6) is 0 Å². The molecule has 0 bridgehead atoms. The highest BCUT2D eigenvalue weighted by atomic mass is 32.1. The fraction of sp³-hybridized carbons (Fsp3) is 0.467. The first-order valence-corrected chi connectivity index (χ1v) is 25.1. The second-order valence-corrected chi connectivity index (χ2v) is 22.9. The lowest BCUT2D eigenvalue weighted by Gasteiger charge is -2.41. The Morgan fingerprint density at radius 3 is 2.28 bits per heavy atom. The van der Waals surface area contributed by atoms with E-state index < -0.39 is 0 Å². The molecule has 4 rings (SSSR count). The Hall–Kier alpha value is -4.28. The summed E-state index contributed by atoms with van der Waals surface area (Å²) < 4.78 is 2.68. The van der Waals surface area contributed by atoms with Gasteiger partial charge in [-0.15, -0.1) is 17.3 Å². The van der Waals surface area contributed by atoms with Gasteiger partial charge in [0, 0.05) is 22.6 Å². The van der Waals surface area contributed by atoms with Crippen molar-refractivity contribution in [3.8, 4) is 0 Å². The summed E-state index contributed by atoms with van der Waals surface area (Å²) in [7, 11) is 0. The molecule has 1 unspecified atom stereocenters. The van der Waals surface area contributed by atoms with Crippen LogP contribution >= 0.6 is 11.3 Å². The molecular formula is C60H85BN2S. The average molecular weight is 877 g/mol. The fourth-order valence-corrected chi connectivity index (χ4v) is 9.86. The number of hydrogen-bond donors (Lipinski definition) is 2. The smallest absolute Gasteiger partial charge is 0.246 e. The van der Waals surface area contributed by atoms with E-state index in [0.29, 0.717) is 18.4 Å². The van der Waals surface area contributed by atoms with Crippen molar-refractivity contribution in [1.82, 2.24) is 10.6 Å². The molecule has 0 saturated heterocycles. The summed E-state index contributed by atoms with van der Waals surface area (Å²) in [6, 6.07) is 7.51. The number of thiophene rings is 1. The Kier molecular flexibility index (Phi) is 18.6. The summed E-state index contributed by atoms with van der Waals surface area (Å²) in [5.41, 5.74) is 11.0. The van der Waals surface area contributed by atoms with Crippen molar-refractivity contribution in [3.05, 3.63) is 174 Å². The largest absolute Gasteiger partial charge is 0.382 e. The number of allylic oxidation sites excluding steroid dienone is 14. The van der Waals surface area contributed by atoms with Gasteiger partial charge in [-0.3, -0.25) is 0 Å². The summed E-state index contributed by atoms with van der Waals surface area (Å²) in [5.74, 6) is 3.44.